The molecule has 0 radical (unpaired) electrons. The molecule has 13 heavy (non-hydrogen) atoms. The molecule has 0 bridgehead atoms. The van der Waals surface area contributed by atoms with E-state index in [2.05, 4.69) is 5.32 Å². The van der Waals surface area contributed by atoms with E-state index in [4.69, 9.17) is 4.74 Å². The quantitative estimate of drug-likeness (QED) is 0.562. The molecule has 4 nitrogen and oxygen atoms in total. The number of rotatable bonds is 0. The third-order valence-electron chi connectivity index (χ3n) is 1.91. The number of imide groups is 1. The van der Waals surface area contributed by atoms with Gasteiger partial charge in [-0.3, -0.25) is 14.9 Å². The molecule has 1 saturated heterocycles. The van der Waals surface area contributed by atoms with E-state index in [1.807, 2.05) is 0 Å². The molecule has 1 fully saturated rings. The van der Waals surface area contributed by atoms with E-state index in [0.29, 0.717) is 32.5 Å². The molecule has 1 heterocycles. The lowest BCUT2D eigenvalue weighted by Crippen LogP contribution is -2.29. The van der Waals surface area contributed by atoms with Crippen molar-refractivity contribution in [1.82, 2.24) is 5.32 Å². The first-order valence-electron chi connectivity index (χ1n) is 4.69. The summed E-state index contributed by atoms with van der Waals surface area (Å²) < 4.78 is 5.26. The lowest BCUT2D eigenvalue weighted by Gasteiger charge is -2.00. The minimum Gasteiger partial charge on any atom is -0.381 e. The lowest BCUT2D eigenvalue weighted by atomic mass is 10.2. The molecular weight excluding hydrogens is 170 g/mol. The van der Waals surface area contributed by atoms with Crippen LogP contribution in [-0.2, 0) is 14.3 Å². The van der Waals surface area contributed by atoms with Gasteiger partial charge < -0.3 is 4.74 Å². The van der Waals surface area contributed by atoms with E-state index in [1.54, 1.807) is 0 Å². The number of carbonyl (C=O) groups excluding carboxylic acids is 2. The van der Waals surface area contributed by atoms with Gasteiger partial charge in [0.05, 0.1) is 0 Å². The molecule has 0 saturated carbocycles. The third-order valence-corrected chi connectivity index (χ3v) is 1.91. The summed E-state index contributed by atoms with van der Waals surface area (Å²) >= 11 is 0. The van der Waals surface area contributed by atoms with Gasteiger partial charge in [-0.15, -0.1) is 0 Å². The maximum Gasteiger partial charge on any atom is 0.226 e. The van der Waals surface area contributed by atoms with E-state index >= 15 is 0 Å². The maximum atomic E-state index is 11.1. The summed E-state index contributed by atoms with van der Waals surface area (Å²) in [5.74, 6) is -0.345. The molecular formula is C9H15NO3. The van der Waals surface area contributed by atoms with Crippen LogP contribution in [0.2, 0.25) is 0 Å². The Kier molecular flexibility index (Phi) is 4.46. The number of nitrogens with one attached hydrogen (secondary N) is 1. The Balaban J connectivity index is 2.34. The van der Waals surface area contributed by atoms with Crippen molar-refractivity contribution in [3.8, 4) is 0 Å². The van der Waals surface area contributed by atoms with Gasteiger partial charge in [0.15, 0.2) is 0 Å². The molecule has 2 amide bonds. The Labute approximate surface area is 77.6 Å². The van der Waals surface area contributed by atoms with Crippen LogP contribution in [-0.4, -0.2) is 25.0 Å². The normalized spacial score (nSPS) is 21.8. The fourth-order valence-corrected chi connectivity index (χ4v) is 1.21. The Morgan fingerprint density at radius 2 is 1.54 bits per heavy atom. The van der Waals surface area contributed by atoms with Crippen molar-refractivity contribution in [2.45, 2.75) is 32.1 Å². The fourth-order valence-electron chi connectivity index (χ4n) is 1.21. The van der Waals surface area contributed by atoms with Gasteiger partial charge in [-0.1, -0.05) is 0 Å². The van der Waals surface area contributed by atoms with Gasteiger partial charge in [0.2, 0.25) is 11.8 Å². The number of hydrogen-bond acceptors (Lipinski definition) is 3. The van der Waals surface area contributed by atoms with Crippen molar-refractivity contribution < 1.29 is 14.3 Å². The average Bonchev–Trinajstić information content (AvgIpc) is 2.11. The lowest BCUT2D eigenvalue weighted by molar-refractivity contribution is -0.130. The summed E-state index contributed by atoms with van der Waals surface area (Å²) in [6.07, 6.45) is 3.18. The molecule has 0 aromatic heterocycles. The molecule has 1 N–H and O–H groups in total. The second kappa shape index (κ2) is 5.70. The van der Waals surface area contributed by atoms with E-state index in [1.165, 1.54) is 0 Å². The molecule has 74 valence electrons. The van der Waals surface area contributed by atoms with E-state index < -0.39 is 0 Å². The Bertz CT molecular complexity index is 171. The highest BCUT2D eigenvalue weighted by atomic mass is 16.5. The van der Waals surface area contributed by atoms with Gasteiger partial charge in [0, 0.05) is 26.1 Å². The molecule has 0 aromatic carbocycles. The minimum atomic E-state index is -0.185. The fraction of sp³-hybridized carbons (Fsp3) is 0.778. The highest BCUT2D eigenvalue weighted by molar-refractivity contribution is 5.95. The SMILES string of the molecule is O=C1CCCCOCCCC(=O)N1. The molecule has 0 aliphatic carbocycles. The van der Waals surface area contributed by atoms with Gasteiger partial charge in [-0.25, -0.2) is 0 Å². The first kappa shape index (κ1) is 10.2. The van der Waals surface area contributed by atoms with Crippen molar-refractivity contribution in [1.29, 1.82) is 0 Å². The van der Waals surface area contributed by atoms with Crippen LogP contribution in [0.3, 0.4) is 0 Å². The summed E-state index contributed by atoms with van der Waals surface area (Å²) in [5.41, 5.74) is 0. The molecule has 4 heteroatoms. The van der Waals surface area contributed by atoms with Crippen molar-refractivity contribution >= 4 is 11.8 Å². The van der Waals surface area contributed by atoms with Gasteiger partial charge in [-0.2, -0.15) is 0 Å². The highest BCUT2D eigenvalue weighted by Gasteiger charge is 2.08. The molecule has 0 atom stereocenters. The van der Waals surface area contributed by atoms with Crippen LogP contribution in [0.1, 0.15) is 32.1 Å². The largest absolute Gasteiger partial charge is 0.381 e. The van der Waals surface area contributed by atoms with Gasteiger partial charge in [-0.05, 0) is 19.3 Å². The standard InChI is InChI=1S/C9H15NO3/c11-8-4-1-2-6-13-7-3-5-9(12)10-8/h1-7H2,(H,10,11,12). The maximum absolute atomic E-state index is 11.1. The Hall–Kier alpha value is -0.900. The van der Waals surface area contributed by atoms with E-state index in [-0.39, 0.29) is 11.8 Å². The van der Waals surface area contributed by atoms with Crippen molar-refractivity contribution in [2.75, 3.05) is 13.2 Å². The van der Waals surface area contributed by atoms with Crippen LogP contribution in [0.15, 0.2) is 0 Å². The van der Waals surface area contributed by atoms with E-state index in [0.717, 1.165) is 12.8 Å². The first-order valence-corrected chi connectivity index (χ1v) is 4.69. The van der Waals surface area contributed by atoms with Crippen LogP contribution in [0.4, 0.5) is 0 Å². The predicted molar refractivity (Wildman–Crippen MR) is 47.1 cm³/mol. The molecule has 1 rings (SSSR count). The third kappa shape index (κ3) is 4.62. The summed E-state index contributed by atoms with van der Waals surface area (Å²) in [6.45, 7) is 1.31. The number of amides is 2. The molecule has 0 spiro atoms. The number of hydrogen-bond donors (Lipinski definition) is 1. The van der Waals surface area contributed by atoms with Crippen molar-refractivity contribution in [3.63, 3.8) is 0 Å². The summed E-state index contributed by atoms with van der Waals surface area (Å²) in [4.78, 5) is 22.1. The summed E-state index contributed by atoms with van der Waals surface area (Å²) in [5, 5.41) is 2.34. The second-order valence-corrected chi connectivity index (χ2v) is 3.14. The molecule has 0 aromatic rings. The predicted octanol–water partition coefficient (Wildman–Crippen LogP) is 0.610. The molecule has 1 aliphatic rings. The number of carbonyl (C=O) groups is 2. The van der Waals surface area contributed by atoms with Gasteiger partial charge >= 0.3 is 0 Å². The van der Waals surface area contributed by atoms with Crippen LogP contribution in [0, 0.1) is 0 Å². The van der Waals surface area contributed by atoms with Crippen LogP contribution < -0.4 is 5.32 Å². The first-order chi connectivity index (χ1) is 6.29. The monoisotopic (exact) mass is 185 g/mol. The minimum absolute atomic E-state index is 0.160. The average molecular weight is 185 g/mol. The van der Waals surface area contributed by atoms with Crippen molar-refractivity contribution in [3.05, 3.63) is 0 Å². The van der Waals surface area contributed by atoms with E-state index in [9.17, 15) is 9.59 Å². The smallest absolute Gasteiger partial charge is 0.226 e. The molecule has 1 aliphatic heterocycles. The highest BCUT2D eigenvalue weighted by Crippen LogP contribution is 2.00. The zero-order valence-electron chi connectivity index (χ0n) is 7.67. The second-order valence-electron chi connectivity index (χ2n) is 3.14. The zero-order valence-corrected chi connectivity index (χ0v) is 7.67. The van der Waals surface area contributed by atoms with Crippen molar-refractivity contribution in [2.24, 2.45) is 0 Å². The Morgan fingerprint density at radius 1 is 0.923 bits per heavy atom. The van der Waals surface area contributed by atoms with Crippen LogP contribution in [0.25, 0.3) is 0 Å². The number of ether oxygens (including phenoxy) is 1. The van der Waals surface area contributed by atoms with Gasteiger partial charge in [0.25, 0.3) is 0 Å². The van der Waals surface area contributed by atoms with Crippen LogP contribution >= 0.6 is 0 Å². The summed E-state index contributed by atoms with van der Waals surface area (Å²) in [6, 6.07) is 0. The van der Waals surface area contributed by atoms with Gasteiger partial charge in [0.1, 0.15) is 0 Å². The summed E-state index contributed by atoms with van der Waals surface area (Å²) in [7, 11) is 0. The Morgan fingerprint density at radius 3 is 2.31 bits per heavy atom. The van der Waals surface area contributed by atoms with Crippen LogP contribution in [0.5, 0.6) is 0 Å². The molecule has 0 unspecified atom stereocenters. The topological polar surface area (TPSA) is 55.4 Å². The zero-order chi connectivity index (χ0) is 9.52.